The maximum atomic E-state index is 5.56. The second-order valence-corrected chi connectivity index (χ2v) is 6.31. The predicted molar refractivity (Wildman–Crippen MR) is 85.5 cm³/mol. The third kappa shape index (κ3) is 2.71. The molecular formula is C15H13BrN2S. The molecule has 0 atom stereocenters. The summed E-state index contributed by atoms with van der Waals surface area (Å²) >= 11 is 5.20. The Bertz CT molecular complexity index is 704. The Labute approximate surface area is 124 Å². The van der Waals surface area contributed by atoms with Crippen LogP contribution in [0.2, 0.25) is 0 Å². The fourth-order valence-electron chi connectivity index (χ4n) is 2.00. The number of hydrogen-bond acceptors (Lipinski definition) is 3. The van der Waals surface area contributed by atoms with Crippen LogP contribution in [-0.4, -0.2) is 11.5 Å². The molecule has 0 fully saturated rings. The van der Waals surface area contributed by atoms with Gasteiger partial charge in [0.25, 0.3) is 0 Å². The van der Waals surface area contributed by atoms with Crippen LogP contribution < -0.4 is 5.73 Å². The summed E-state index contributed by atoms with van der Waals surface area (Å²) in [5.41, 5.74) is 9.04. The average molecular weight is 333 g/mol. The summed E-state index contributed by atoms with van der Waals surface area (Å²) in [7, 11) is 0. The molecule has 2 nitrogen and oxygen atoms in total. The highest BCUT2D eigenvalue weighted by atomic mass is 79.9. The zero-order valence-electron chi connectivity index (χ0n) is 10.3. The van der Waals surface area contributed by atoms with E-state index in [4.69, 9.17) is 5.73 Å². The van der Waals surface area contributed by atoms with Crippen molar-refractivity contribution in [2.45, 2.75) is 6.42 Å². The lowest BCUT2D eigenvalue weighted by atomic mass is 10.1. The molecule has 0 spiro atoms. The number of fused-ring (bicyclic) bond motifs is 1. The van der Waals surface area contributed by atoms with Crippen LogP contribution in [0.3, 0.4) is 0 Å². The summed E-state index contributed by atoms with van der Waals surface area (Å²) in [6.07, 6.45) is 0.924. The number of thiazole rings is 1. The van der Waals surface area contributed by atoms with Gasteiger partial charge in [-0.1, -0.05) is 40.2 Å². The van der Waals surface area contributed by atoms with Crippen molar-refractivity contribution in [2.24, 2.45) is 5.73 Å². The van der Waals surface area contributed by atoms with Gasteiger partial charge in [0.2, 0.25) is 0 Å². The Morgan fingerprint density at radius 1 is 1.11 bits per heavy atom. The second kappa shape index (κ2) is 5.41. The van der Waals surface area contributed by atoms with E-state index in [0.29, 0.717) is 6.54 Å². The number of aromatic nitrogens is 1. The highest BCUT2D eigenvalue weighted by Gasteiger charge is 2.06. The lowest BCUT2D eigenvalue weighted by molar-refractivity contribution is 0.969. The van der Waals surface area contributed by atoms with E-state index in [1.54, 1.807) is 11.3 Å². The molecule has 0 radical (unpaired) electrons. The highest BCUT2D eigenvalue weighted by Crippen LogP contribution is 2.31. The van der Waals surface area contributed by atoms with Crippen LogP contribution in [0.4, 0.5) is 0 Å². The Morgan fingerprint density at radius 2 is 1.89 bits per heavy atom. The first-order valence-electron chi connectivity index (χ1n) is 6.12. The van der Waals surface area contributed by atoms with Gasteiger partial charge in [-0.2, -0.15) is 0 Å². The molecule has 2 N–H and O–H groups in total. The van der Waals surface area contributed by atoms with Crippen molar-refractivity contribution in [1.29, 1.82) is 0 Å². The lowest BCUT2D eigenvalue weighted by Gasteiger charge is -2.00. The van der Waals surface area contributed by atoms with Gasteiger partial charge in [-0.05, 0) is 36.7 Å². The lowest BCUT2D eigenvalue weighted by Crippen LogP contribution is -2.02. The number of hydrogen-bond donors (Lipinski definition) is 1. The molecule has 0 aliphatic heterocycles. The summed E-state index contributed by atoms with van der Waals surface area (Å²) in [5.74, 6) is 0. The minimum absolute atomic E-state index is 0.689. The van der Waals surface area contributed by atoms with E-state index >= 15 is 0 Å². The van der Waals surface area contributed by atoms with Gasteiger partial charge in [0.05, 0.1) is 10.2 Å². The highest BCUT2D eigenvalue weighted by molar-refractivity contribution is 9.10. The zero-order chi connectivity index (χ0) is 13.2. The van der Waals surface area contributed by atoms with Crippen LogP contribution >= 0.6 is 27.3 Å². The third-order valence-electron chi connectivity index (χ3n) is 2.98. The fraction of sp³-hybridized carbons (Fsp3) is 0.133. The Kier molecular flexibility index (Phi) is 3.64. The van der Waals surface area contributed by atoms with Crippen molar-refractivity contribution in [2.75, 3.05) is 6.54 Å². The SMILES string of the molecule is NCCc1ccc(-c2nc3cc(Br)ccc3s2)cc1. The van der Waals surface area contributed by atoms with Crippen molar-refractivity contribution >= 4 is 37.5 Å². The first-order valence-corrected chi connectivity index (χ1v) is 7.73. The van der Waals surface area contributed by atoms with Gasteiger partial charge in [0, 0.05) is 10.0 Å². The maximum Gasteiger partial charge on any atom is 0.124 e. The Balaban J connectivity index is 1.99. The van der Waals surface area contributed by atoms with Crippen molar-refractivity contribution in [3.63, 3.8) is 0 Å². The largest absolute Gasteiger partial charge is 0.330 e. The van der Waals surface area contributed by atoms with E-state index in [2.05, 4.69) is 63.4 Å². The molecule has 2 aromatic carbocycles. The number of rotatable bonds is 3. The first-order chi connectivity index (χ1) is 9.26. The molecule has 1 heterocycles. The molecule has 1 aromatic heterocycles. The Hall–Kier alpha value is -1.23. The van der Waals surface area contributed by atoms with Gasteiger partial charge in [0.1, 0.15) is 5.01 Å². The van der Waals surface area contributed by atoms with E-state index in [-0.39, 0.29) is 0 Å². The summed E-state index contributed by atoms with van der Waals surface area (Å²) in [6, 6.07) is 14.7. The molecule has 0 unspecified atom stereocenters. The predicted octanol–water partition coefficient (Wildman–Crippen LogP) is 4.23. The molecule has 0 aliphatic rings. The average Bonchev–Trinajstić information content (AvgIpc) is 2.83. The molecule has 96 valence electrons. The van der Waals surface area contributed by atoms with Crippen LogP contribution in [0, 0.1) is 0 Å². The van der Waals surface area contributed by atoms with Gasteiger partial charge >= 0.3 is 0 Å². The number of halogens is 1. The molecule has 0 saturated carbocycles. The topological polar surface area (TPSA) is 38.9 Å². The van der Waals surface area contributed by atoms with E-state index < -0.39 is 0 Å². The molecular weight excluding hydrogens is 320 g/mol. The number of benzene rings is 2. The summed E-state index contributed by atoms with van der Waals surface area (Å²) < 4.78 is 2.28. The standard InChI is InChI=1S/C15H13BrN2S/c16-12-5-6-14-13(9-12)18-15(19-14)11-3-1-10(2-4-11)7-8-17/h1-6,9H,7-8,17H2. The van der Waals surface area contributed by atoms with E-state index in [0.717, 1.165) is 27.0 Å². The molecule has 0 bridgehead atoms. The van der Waals surface area contributed by atoms with Gasteiger partial charge in [-0.25, -0.2) is 4.98 Å². The molecule has 0 aliphatic carbocycles. The van der Waals surface area contributed by atoms with E-state index in [9.17, 15) is 0 Å². The summed E-state index contributed by atoms with van der Waals surface area (Å²) in [6.45, 7) is 0.689. The normalized spacial score (nSPS) is 11.1. The molecule has 4 heteroatoms. The number of nitrogens with zero attached hydrogens (tertiary/aromatic N) is 1. The van der Waals surface area contributed by atoms with Crippen LogP contribution in [0.15, 0.2) is 46.9 Å². The molecule has 3 aromatic rings. The van der Waals surface area contributed by atoms with E-state index in [1.807, 2.05) is 0 Å². The minimum Gasteiger partial charge on any atom is -0.330 e. The van der Waals surface area contributed by atoms with Crippen LogP contribution in [-0.2, 0) is 6.42 Å². The summed E-state index contributed by atoms with van der Waals surface area (Å²) in [4.78, 5) is 4.68. The van der Waals surface area contributed by atoms with Crippen molar-refractivity contribution in [3.05, 3.63) is 52.5 Å². The quantitative estimate of drug-likeness (QED) is 0.779. The Morgan fingerprint density at radius 3 is 2.63 bits per heavy atom. The molecule has 19 heavy (non-hydrogen) atoms. The van der Waals surface area contributed by atoms with E-state index in [1.165, 1.54) is 10.3 Å². The molecule has 3 rings (SSSR count). The minimum atomic E-state index is 0.689. The van der Waals surface area contributed by atoms with Crippen molar-refractivity contribution < 1.29 is 0 Å². The summed E-state index contributed by atoms with van der Waals surface area (Å²) in [5, 5.41) is 1.06. The molecule has 0 saturated heterocycles. The van der Waals surface area contributed by atoms with Crippen molar-refractivity contribution in [3.8, 4) is 10.6 Å². The van der Waals surface area contributed by atoms with Crippen LogP contribution in [0.25, 0.3) is 20.8 Å². The van der Waals surface area contributed by atoms with Gasteiger partial charge in [-0.3, -0.25) is 0 Å². The van der Waals surface area contributed by atoms with Gasteiger partial charge in [0.15, 0.2) is 0 Å². The maximum absolute atomic E-state index is 5.56. The van der Waals surface area contributed by atoms with Crippen LogP contribution in [0.5, 0.6) is 0 Å². The van der Waals surface area contributed by atoms with Crippen LogP contribution in [0.1, 0.15) is 5.56 Å². The number of nitrogens with two attached hydrogens (primary N) is 1. The fourth-order valence-corrected chi connectivity index (χ4v) is 3.31. The molecule has 0 amide bonds. The third-order valence-corrected chi connectivity index (χ3v) is 4.56. The van der Waals surface area contributed by atoms with Gasteiger partial charge < -0.3 is 5.73 Å². The second-order valence-electron chi connectivity index (χ2n) is 4.37. The smallest absolute Gasteiger partial charge is 0.124 e. The first kappa shape index (κ1) is 12.8. The van der Waals surface area contributed by atoms with Gasteiger partial charge in [-0.15, -0.1) is 11.3 Å². The van der Waals surface area contributed by atoms with Crippen molar-refractivity contribution in [1.82, 2.24) is 4.98 Å². The zero-order valence-corrected chi connectivity index (χ0v) is 12.7. The monoisotopic (exact) mass is 332 g/mol.